The summed E-state index contributed by atoms with van der Waals surface area (Å²) in [4.78, 5) is 25.1. The quantitative estimate of drug-likeness (QED) is 0.776. The molecule has 0 fully saturated rings. The molecule has 1 aromatic heterocycles. The van der Waals surface area contributed by atoms with Crippen molar-refractivity contribution in [3.8, 4) is 6.07 Å². The first-order valence-corrected chi connectivity index (χ1v) is 6.01. The normalized spacial score (nSPS) is 11.8. The minimum Gasteiger partial charge on any atom is -0.480 e. The third-order valence-electron chi connectivity index (χ3n) is 3.00. The highest BCUT2D eigenvalue weighted by atomic mass is 16.4. The first kappa shape index (κ1) is 13.6. The van der Waals surface area contributed by atoms with Crippen molar-refractivity contribution >= 4 is 22.8 Å². The van der Waals surface area contributed by atoms with E-state index in [-0.39, 0.29) is 12.3 Å². The van der Waals surface area contributed by atoms with Crippen molar-refractivity contribution in [3.05, 3.63) is 35.5 Å². The number of aliphatic carboxylic acids is 1. The van der Waals surface area contributed by atoms with Crippen molar-refractivity contribution in [2.24, 2.45) is 0 Å². The fourth-order valence-corrected chi connectivity index (χ4v) is 2.09. The third-order valence-corrected chi connectivity index (χ3v) is 3.00. The van der Waals surface area contributed by atoms with Crippen molar-refractivity contribution in [3.63, 3.8) is 0 Å². The van der Waals surface area contributed by atoms with Gasteiger partial charge in [0, 0.05) is 30.4 Å². The monoisotopic (exact) mass is 271 g/mol. The van der Waals surface area contributed by atoms with Gasteiger partial charge in [-0.25, -0.2) is 4.79 Å². The third kappa shape index (κ3) is 2.78. The summed E-state index contributed by atoms with van der Waals surface area (Å²) in [5, 5.41) is 21.2. The number of carboxylic acids is 1. The molecule has 20 heavy (non-hydrogen) atoms. The summed E-state index contributed by atoms with van der Waals surface area (Å²) < 4.78 is 0. The lowest BCUT2D eigenvalue weighted by atomic mass is 10.0. The summed E-state index contributed by atoms with van der Waals surface area (Å²) in [5.41, 5.74) is 2.08. The maximum absolute atomic E-state index is 11.1. The van der Waals surface area contributed by atoms with Crippen molar-refractivity contribution < 1.29 is 14.7 Å². The van der Waals surface area contributed by atoms with Crippen LogP contribution in [0.4, 0.5) is 0 Å². The molecule has 2 rings (SSSR count). The van der Waals surface area contributed by atoms with Gasteiger partial charge in [0.15, 0.2) is 0 Å². The van der Waals surface area contributed by atoms with Gasteiger partial charge in [-0.05, 0) is 17.7 Å². The van der Waals surface area contributed by atoms with Gasteiger partial charge in [0.1, 0.15) is 6.04 Å². The molecule has 2 aromatic rings. The zero-order valence-electron chi connectivity index (χ0n) is 10.8. The van der Waals surface area contributed by atoms with E-state index in [2.05, 4.69) is 10.3 Å². The summed E-state index contributed by atoms with van der Waals surface area (Å²) in [6.45, 7) is 1.28. The van der Waals surface area contributed by atoms with E-state index in [0.29, 0.717) is 5.56 Å². The number of nitrogens with zero attached hydrogens (tertiary/aromatic N) is 1. The topological polar surface area (TPSA) is 106 Å². The second-order valence-corrected chi connectivity index (χ2v) is 4.48. The highest BCUT2D eigenvalue weighted by Gasteiger charge is 2.20. The Labute approximate surface area is 115 Å². The molecule has 0 saturated heterocycles. The van der Waals surface area contributed by atoms with Crippen LogP contribution in [0.3, 0.4) is 0 Å². The Balaban J connectivity index is 2.31. The lowest BCUT2D eigenvalue weighted by Crippen LogP contribution is -2.41. The Morgan fingerprint density at radius 1 is 1.50 bits per heavy atom. The standard InChI is InChI=1S/C14H13N3O3/c1-8(18)17-13(14(19)20)5-10-7-16-12-4-9(6-15)2-3-11(10)12/h2-4,7,13,16H,5H2,1H3,(H,17,18)(H,19,20). The number of nitriles is 1. The van der Waals surface area contributed by atoms with Gasteiger partial charge in [0.25, 0.3) is 0 Å². The molecule has 6 nitrogen and oxygen atoms in total. The van der Waals surface area contributed by atoms with Gasteiger partial charge in [-0.1, -0.05) is 6.07 Å². The Morgan fingerprint density at radius 3 is 2.85 bits per heavy atom. The average Bonchev–Trinajstić information content (AvgIpc) is 2.79. The number of H-pyrrole nitrogens is 1. The number of benzene rings is 1. The van der Waals surface area contributed by atoms with Crippen LogP contribution in [0.1, 0.15) is 18.1 Å². The van der Waals surface area contributed by atoms with E-state index in [0.717, 1.165) is 16.5 Å². The number of carbonyl (C=O) groups is 2. The molecule has 0 bridgehead atoms. The molecule has 0 spiro atoms. The molecule has 0 aliphatic heterocycles. The summed E-state index contributed by atoms with van der Waals surface area (Å²) in [6.07, 6.45) is 1.88. The molecule has 0 aliphatic carbocycles. The molecule has 1 atom stereocenters. The van der Waals surface area contributed by atoms with Gasteiger partial charge in [-0.2, -0.15) is 5.26 Å². The number of amides is 1. The van der Waals surface area contributed by atoms with Crippen LogP contribution in [-0.4, -0.2) is 28.0 Å². The Morgan fingerprint density at radius 2 is 2.25 bits per heavy atom. The highest BCUT2D eigenvalue weighted by Crippen LogP contribution is 2.20. The van der Waals surface area contributed by atoms with E-state index in [1.54, 1.807) is 24.4 Å². The summed E-state index contributed by atoms with van der Waals surface area (Å²) in [7, 11) is 0. The zero-order valence-corrected chi connectivity index (χ0v) is 10.8. The Bertz CT molecular complexity index is 712. The van der Waals surface area contributed by atoms with Gasteiger partial charge in [0.2, 0.25) is 5.91 Å². The van der Waals surface area contributed by atoms with E-state index in [1.165, 1.54) is 6.92 Å². The molecule has 0 saturated carbocycles. The average molecular weight is 271 g/mol. The van der Waals surface area contributed by atoms with Crippen LogP contribution in [0.5, 0.6) is 0 Å². The van der Waals surface area contributed by atoms with Gasteiger partial charge in [0.05, 0.1) is 11.6 Å². The van der Waals surface area contributed by atoms with Crippen LogP contribution in [0, 0.1) is 11.3 Å². The second-order valence-electron chi connectivity index (χ2n) is 4.48. The van der Waals surface area contributed by atoms with Gasteiger partial charge >= 0.3 is 5.97 Å². The number of rotatable bonds is 4. The SMILES string of the molecule is CC(=O)NC(Cc1c[nH]c2cc(C#N)ccc12)C(=O)O. The number of hydrogen-bond donors (Lipinski definition) is 3. The molecule has 1 amide bonds. The molecule has 0 aliphatic rings. The molecule has 102 valence electrons. The Hall–Kier alpha value is -2.81. The van der Waals surface area contributed by atoms with Crippen LogP contribution < -0.4 is 5.32 Å². The molecule has 0 radical (unpaired) electrons. The molecule has 1 aromatic carbocycles. The maximum atomic E-state index is 11.1. The van der Waals surface area contributed by atoms with Crippen molar-refractivity contribution in [2.75, 3.05) is 0 Å². The van der Waals surface area contributed by atoms with E-state index in [4.69, 9.17) is 10.4 Å². The lowest BCUT2D eigenvalue weighted by molar-refractivity contribution is -0.141. The van der Waals surface area contributed by atoms with E-state index in [9.17, 15) is 9.59 Å². The Kier molecular flexibility index (Phi) is 3.71. The van der Waals surface area contributed by atoms with Gasteiger partial charge in [-0.3, -0.25) is 4.79 Å². The fraction of sp³-hybridized carbons (Fsp3) is 0.214. The largest absolute Gasteiger partial charge is 0.480 e. The molecule has 1 heterocycles. The molecular formula is C14H13N3O3. The zero-order chi connectivity index (χ0) is 14.7. The van der Waals surface area contributed by atoms with Crippen molar-refractivity contribution in [1.82, 2.24) is 10.3 Å². The predicted octanol–water partition coefficient (Wildman–Crippen LogP) is 1.17. The number of carboxylic acid groups (broad SMARTS) is 1. The van der Waals surface area contributed by atoms with Crippen LogP contribution in [0.2, 0.25) is 0 Å². The van der Waals surface area contributed by atoms with Crippen LogP contribution in [0.25, 0.3) is 10.9 Å². The number of aromatic nitrogens is 1. The first-order valence-electron chi connectivity index (χ1n) is 6.01. The smallest absolute Gasteiger partial charge is 0.326 e. The summed E-state index contributed by atoms with van der Waals surface area (Å²) in [6, 6.07) is 6.22. The first-order chi connectivity index (χ1) is 9.51. The predicted molar refractivity (Wildman–Crippen MR) is 72.0 cm³/mol. The van der Waals surface area contributed by atoms with Gasteiger partial charge < -0.3 is 15.4 Å². The van der Waals surface area contributed by atoms with Crippen LogP contribution in [-0.2, 0) is 16.0 Å². The second kappa shape index (κ2) is 5.45. The number of hydrogen-bond acceptors (Lipinski definition) is 3. The van der Waals surface area contributed by atoms with E-state index < -0.39 is 12.0 Å². The summed E-state index contributed by atoms with van der Waals surface area (Å²) >= 11 is 0. The van der Waals surface area contributed by atoms with E-state index in [1.807, 2.05) is 6.07 Å². The molecule has 1 unspecified atom stereocenters. The minimum atomic E-state index is -1.08. The molecular weight excluding hydrogens is 258 g/mol. The molecule has 3 N–H and O–H groups in total. The number of nitrogens with one attached hydrogen (secondary N) is 2. The number of fused-ring (bicyclic) bond motifs is 1. The van der Waals surface area contributed by atoms with E-state index >= 15 is 0 Å². The van der Waals surface area contributed by atoms with Crippen molar-refractivity contribution in [2.45, 2.75) is 19.4 Å². The van der Waals surface area contributed by atoms with Crippen LogP contribution in [0.15, 0.2) is 24.4 Å². The highest BCUT2D eigenvalue weighted by molar-refractivity contribution is 5.86. The minimum absolute atomic E-state index is 0.181. The maximum Gasteiger partial charge on any atom is 0.326 e. The lowest BCUT2D eigenvalue weighted by Gasteiger charge is -2.12. The summed E-state index contributed by atoms with van der Waals surface area (Å²) in [5.74, 6) is -1.47. The van der Waals surface area contributed by atoms with Crippen molar-refractivity contribution in [1.29, 1.82) is 5.26 Å². The fourth-order valence-electron chi connectivity index (χ4n) is 2.09. The number of aromatic amines is 1. The van der Waals surface area contributed by atoms with Gasteiger partial charge in [-0.15, -0.1) is 0 Å². The number of carbonyl (C=O) groups excluding carboxylic acids is 1. The van der Waals surface area contributed by atoms with Crippen LogP contribution >= 0.6 is 0 Å². The molecule has 6 heteroatoms.